The molecule has 0 unspecified atom stereocenters. The minimum Gasteiger partial charge on any atom is -0.493 e. The molecule has 2 heterocycles. The summed E-state index contributed by atoms with van der Waals surface area (Å²) < 4.78 is 10.6. The van der Waals surface area contributed by atoms with Crippen LogP contribution in [-0.4, -0.2) is 41.7 Å². The second-order valence-electron chi connectivity index (χ2n) is 7.19. The van der Waals surface area contributed by atoms with Gasteiger partial charge in [0.05, 0.1) is 31.7 Å². The minimum absolute atomic E-state index is 0.153. The lowest BCUT2D eigenvalue weighted by Crippen LogP contribution is -2.32. The second-order valence-corrected chi connectivity index (χ2v) is 7.19. The SMILES string of the molecule is COc1cc2nc(CN3CCC[C@H]3Cc3ccccc3)[nH]c(=O)c2cc1OC. The topological polar surface area (TPSA) is 67.5 Å². The number of methoxy groups -OCH3 is 2. The molecule has 4 rings (SSSR count). The van der Waals surface area contributed by atoms with E-state index in [1.54, 1.807) is 26.4 Å². The Morgan fingerprint density at radius 3 is 2.64 bits per heavy atom. The van der Waals surface area contributed by atoms with Crippen molar-refractivity contribution >= 4 is 10.9 Å². The van der Waals surface area contributed by atoms with Gasteiger partial charge in [0.25, 0.3) is 5.56 Å². The van der Waals surface area contributed by atoms with Gasteiger partial charge in [-0.25, -0.2) is 4.98 Å². The molecule has 1 atom stereocenters. The number of nitrogens with zero attached hydrogens (tertiary/aromatic N) is 2. The fourth-order valence-corrected chi connectivity index (χ4v) is 4.00. The van der Waals surface area contributed by atoms with E-state index < -0.39 is 0 Å². The van der Waals surface area contributed by atoms with Gasteiger partial charge in [-0.2, -0.15) is 0 Å². The van der Waals surface area contributed by atoms with Crippen molar-refractivity contribution in [3.63, 3.8) is 0 Å². The van der Waals surface area contributed by atoms with Crippen molar-refractivity contribution in [1.29, 1.82) is 0 Å². The maximum absolute atomic E-state index is 12.6. The van der Waals surface area contributed by atoms with Gasteiger partial charge in [0.2, 0.25) is 0 Å². The maximum atomic E-state index is 12.6. The third-order valence-electron chi connectivity index (χ3n) is 5.43. The molecule has 0 bridgehead atoms. The Morgan fingerprint density at radius 2 is 1.89 bits per heavy atom. The molecule has 2 aromatic carbocycles. The summed E-state index contributed by atoms with van der Waals surface area (Å²) in [6, 6.07) is 14.5. The number of nitrogens with one attached hydrogen (secondary N) is 1. The Balaban J connectivity index is 1.59. The van der Waals surface area contributed by atoms with Crippen LogP contribution < -0.4 is 15.0 Å². The number of hydrogen-bond donors (Lipinski definition) is 1. The molecule has 3 aromatic rings. The zero-order chi connectivity index (χ0) is 19.5. The maximum Gasteiger partial charge on any atom is 0.258 e. The van der Waals surface area contributed by atoms with E-state index in [-0.39, 0.29) is 5.56 Å². The van der Waals surface area contributed by atoms with Gasteiger partial charge in [-0.05, 0) is 37.4 Å². The van der Waals surface area contributed by atoms with E-state index in [0.29, 0.717) is 40.8 Å². The molecule has 1 N–H and O–H groups in total. The van der Waals surface area contributed by atoms with Crippen LogP contribution >= 0.6 is 0 Å². The van der Waals surface area contributed by atoms with Crippen LogP contribution in [0.25, 0.3) is 10.9 Å². The number of aromatic nitrogens is 2. The first-order chi connectivity index (χ1) is 13.7. The predicted molar refractivity (Wildman–Crippen MR) is 109 cm³/mol. The van der Waals surface area contributed by atoms with Crippen molar-refractivity contribution in [2.45, 2.75) is 31.8 Å². The monoisotopic (exact) mass is 379 g/mol. The van der Waals surface area contributed by atoms with Gasteiger partial charge in [0, 0.05) is 12.1 Å². The van der Waals surface area contributed by atoms with Gasteiger partial charge in [0.15, 0.2) is 11.5 Å². The summed E-state index contributed by atoms with van der Waals surface area (Å²) in [7, 11) is 3.14. The largest absolute Gasteiger partial charge is 0.493 e. The van der Waals surface area contributed by atoms with E-state index in [1.165, 1.54) is 12.0 Å². The highest BCUT2D eigenvalue weighted by Crippen LogP contribution is 2.30. The van der Waals surface area contributed by atoms with Gasteiger partial charge < -0.3 is 14.5 Å². The van der Waals surface area contributed by atoms with Crippen LogP contribution in [0.5, 0.6) is 11.5 Å². The molecule has 0 saturated carbocycles. The van der Waals surface area contributed by atoms with Crippen molar-refractivity contribution < 1.29 is 9.47 Å². The fourth-order valence-electron chi connectivity index (χ4n) is 4.00. The third-order valence-corrected chi connectivity index (χ3v) is 5.43. The van der Waals surface area contributed by atoms with Crippen LogP contribution in [0.15, 0.2) is 47.3 Å². The van der Waals surface area contributed by atoms with Crippen molar-refractivity contribution in [3.05, 3.63) is 64.2 Å². The first-order valence-corrected chi connectivity index (χ1v) is 9.61. The normalized spacial score (nSPS) is 17.1. The molecule has 1 aliphatic rings. The van der Waals surface area contributed by atoms with Crippen LogP contribution in [0.2, 0.25) is 0 Å². The number of hydrogen-bond acceptors (Lipinski definition) is 5. The van der Waals surface area contributed by atoms with Gasteiger partial charge in [-0.15, -0.1) is 0 Å². The average Bonchev–Trinajstić information content (AvgIpc) is 3.14. The number of rotatable bonds is 6. The van der Waals surface area contributed by atoms with Crippen molar-refractivity contribution in [3.8, 4) is 11.5 Å². The smallest absolute Gasteiger partial charge is 0.258 e. The molecule has 1 aliphatic heterocycles. The first kappa shape index (κ1) is 18.5. The third kappa shape index (κ3) is 3.73. The molecular weight excluding hydrogens is 354 g/mol. The average molecular weight is 379 g/mol. The highest BCUT2D eigenvalue weighted by atomic mass is 16.5. The van der Waals surface area contributed by atoms with Crippen molar-refractivity contribution in [2.24, 2.45) is 0 Å². The Hall–Kier alpha value is -2.86. The van der Waals surface area contributed by atoms with E-state index >= 15 is 0 Å². The zero-order valence-corrected chi connectivity index (χ0v) is 16.3. The standard InChI is InChI=1S/C22H25N3O3/c1-27-19-12-17-18(13-20(19)28-2)23-21(24-22(17)26)14-25-10-6-9-16(25)11-15-7-4-3-5-8-15/h3-5,7-8,12-13,16H,6,9-11,14H2,1-2H3,(H,23,24,26)/t16-/m0/s1. The van der Waals surface area contributed by atoms with Gasteiger partial charge in [-0.1, -0.05) is 30.3 Å². The molecule has 0 radical (unpaired) electrons. The summed E-state index contributed by atoms with van der Waals surface area (Å²) in [5, 5.41) is 0.503. The van der Waals surface area contributed by atoms with Crippen LogP contribution in [0.1, 0.15) is 24.2 Å². The number of H-pyrrole nitrogens is 1. The zero-order valence-electron chi connectivity index (χ0n) is 16.3. The van der Waals surface area contributed by atoms with Crippen molar-refractivity contribution in [2.75, 3.05) is 20.8 Å². The Bertz CT molecular complexity index is 1020. The molecule has 1 fully saturated rings. The van der Waals surface area contributed by atoms with E-state index in [1.807, 2.05) is 6.07 Å². The lowest BCUT2D eigenvalue weighted by atomic mass is 10.0. The molecule has 1 saturated heterocycles. The Labute approximate surface area is 164 Å². The van der Waals surface area contributed by atoms with Crippen LogP contribution in [0.4, 0.5) is 0 Å². The van der Waals surface area contributed by atoms with Crippen LogP contribution in [0, 0.1) is 0 Å². The number of aromatic amines is 1. The first-order valence-electron chi connectivity index (χ1n) is 9.61. The van der Waals surface area contributed by atoms with Crippen LogP contribution in [0.3, 0.4) is 0 Å². The molecule has 6 nitrogen and oxygen atoms in total. The highest BCUT2D eigenvalue weighted by Gasteiger charge is 2.25. The second kappa shape index (κ2) is 8.02. The fraction of sp³-hybridized carbons (Fsp3) is 0.364. The van der Waals surface area contributed by atoms with Gasteiger partial charge in [0.1, 0.15) is 5.82 Å². The number of likely N-dealkylation sites (tertiary alicyclic amines) is 1. The molecule has 6 heteroatoms. The molecule has 1 aromatic heterocycles. The quantitative estimate of drug-likeness (QED) is 0.713. The van der Waals surface area contributed by atoms with E-state index in [9.17, 15) is 4.79 Å². The number of fused-ring (bicyclic) bond motifs is 1. The number of benzene rings is 2. The summed E-state index contributed by atoms with van der Waals surface area (Å²) in [5.74, 6) is 1.78. The molecular formula is C22H25N3O3. The lowest BCUT2D eigenvalue weighted by Gasteiger charge is -2.24. The van der Waals surface area contributed by atoms with Gasteiger partial charge >= 0.3 is 0 Å². The Morgan fingerprint density at radius 1 is 1.14 bits per heavy atom. The summed E-state index contributed by atoms with van der Waals surface area (Å²) in [5.41, 5.74) is 1.81. The minimum atomic E-state index is -0.153. The summed E-state index contributed by atoms with van der Waals surface area (Å²) in [6.07, 6.45) is 3.35. The van der Waals surface area contributed by atoms with E-state index in [0.717, 1.165) is 19.4 Å². The molecule has 0 amide bonds. The Kier molecular flexibility index (Phi) is 5.30. The molecule has 146 valence electrons. The highest BCUT2D eigenvalue weighted by molar-refractivity contribution is 5.81. The van der Waals surface area contributed by atoms with E-state index in [2.05, 4.69) is 34.1 Å². The van der Waals surface area contributed by atoms with Crippen molar-refractivity contribution in [1.82, 2.24) is 14.9 Å². The summed E-state index contributed by atoms with van der Waals surface area (Å²) >= 11 is 0. The number of ether oxygens (including phenoxy) is 2. The van der Waals surface area contributed by atoms with Crippen LogP contribution in [-0.2, 0) is 13.0 Å². The van der Waals surface area contributed by atoms with Gasteiger partial charge in [-0.3, -0.25) is 9.69 Å². The molecule has 0 aliphatic carbocycles. The van der Waals surface area contributed by atoms with E-state index in [4.69, 9.17) is 14.5 Å². The predicted octanol–water partition coefficient (Wildman–Crippen LogP) is 3.15. The summed E-state index contributed by atoms with van der Waals surface area (Å²) in [4.78, 5) is 22.7. The molecule has 0 spiro atoms. The lowest BCUT2D eigenvalue weighted by molar-refractivity contribution is 0.238. The summed E-state index contributed by atoms with van der Waals surface area (Å²) in [6.45, 7) is 1.65. The molecule has 28 heavy (non-hydrogen) atoms.